The molecule has 0 heterocycles. The van der Waals surface area contributed by atoms with Gasteiger partial charge in [0.15, 0.2) is 0 Å². The summed E-state index contributed by atoms with van der Waals surface area (Å²) in [6.07, 6.45) is 1.09. The third-order valence-corrected chi connectivity index (χ3v) is 5.95. The van der Waals surface area contributed by atoms with Crippen molar-refractivity contribution in [3.8, 4) is 0 Å². The number of carbonyl (C=O) groups is 6. The Morgan fingerprint density at radius 3 is 1.83 bits per heavy atom. The van der Waals surface area contributed by atoms with Crippen LogP contribution >= 0.6 is 11.8 Å². The lowest BCUT2D eigenvalue weighted by molar-refractivity contribution is -0.143. The first kappa shape index (κ1) is 32.1. The molecule has 0 aliphatic carbocycles. The van der Waals surface area contributed by atoms with Crippen molar-refractivity contribution in [3.05, 3.63) is 0 Å². The maximum Gasteiger partial charge on any atom is 0.326 e. The van der Waals surface area contributed by atoms with Crippen molar-refractivity contribution >= 4 is 47.4 Å². The van der Waals surface area contributed by atoms with Crippen LogP contribution in [0.25, 0.3) is 0 Å². The number of carbonyl (C=O) groups excluding carboxylic acids is 3. The van der Waals surface area contributed by atoms with Gasteiger partial charge in [-0.2, -0.15) is 11.8 Å². The molecule has 0 aromatic rings. The van der Waals surface area contributed by atoms with Crippen LogP contribution in [0.2, 0.25) is 0 Å². The van der Waals surface area contributed by atoms with Gasteiger partial charge in [-0.15, -0.1) is 0 Å². The molecule has 13 nitrogen and oxygen atoms in total. The molecule has 0 bridgehead atoms. The highest BCUT2D eigenvalue weighted by atomic mass is 32.2. The van der Waals surface area contributed by atoms with E-state index in [0.717, 1.165) is 0 Å². The van der Waals surface area contributed by atoms with E-state index in [9.17, 15) is 33.9 Å². The molecule has 0 saturated carbocycles. The number of carboxylic acid groups (broad SMARTS) is 3. The first-order valence-electron chi connectivity index (χ1n) is 11.2. The molecule has 0 rings (SSSR count). The van der Waals surface area contributed by atoms with Crippen LogP contribution in [0.3, 0.4) is 0 Å². The van der Waals surface area contributed by atoms with E-state index in [2.05, 4.69) is 16.0 Å². The van der Waals surface area contributed by atoms with Crippen molar-refractivity contribution in [1.82, 2.24) is 16.0 Å². The minimum atomic E-state index is -1.36. The molecule has 8 N–H and O–H groups in total. The molecule has 0 aromatic heterocycles. The lowest BCUT2D eigenvalue weighted by Gasteiger charge is -2.28. The van der Waals surface area contributed by atoms with Crippen LogP contribution in [-0.2, 0) is 28.8 Å². The largest absolute Gasteiger partial charge is 0.481 e. The summed E-state index contributed by atoms with van der Waals surface area (Å²) in [7, 11) is 0. The highest BCUT2D eigenvalue weighted by Crippen LogP contribution is 2.11. The Bertz CT molecular complexity index is 765. The lowest BCUT2D eigenvalue weighted by atomic mass is 9.96. The molecular weight excluding hydrogens is 484 g/mol. The SMILES string of the molecule is CCC(C)C(NC(=O)C(N)CCC(=O)O)C(=O)NC(CCC(=O)O)C(=O)NC(CCSC)C(=O)O. The summed E-state index contributed by atoms with van der Waals surface area (Å²) < 4.78 is 0. The van der Waals surface area contributed by atoms with Crippen LogP contribution < -0.4 is 21.7 Å². The fourth-order valence-corrected chi connectivity index (χ4v) is 3.41. The van der Waals surface area contributed by atoms with Crippen LogP contribution in [0, 0.1) is 5.92 Å². The normalized spacial score (nSPS) is 15.1. The van der Waals surface area contributed by atoms with Gasteiger partial charge < -0.3 is 37.0 Å². The third kappa shape index (κ3) is 13.0. The molecule has 0 spiro atoms. The highest BCUT2D eigenvalue weighted by Gasteiger charge is 2.32. The Balaban J connectivity index is 5.56. The van der Waals surface area contributed by atoms with Gasteiger partial charge in [-0.1, -0.05) is 20.3 Å². The topological polar surface area (TPSA) is 225 Å². The molecule has 0 aromatic carbocycles. The summed E-state index contributed by atoms with van der Waals surface area (Å²) in [6.45, 7) is 3.43. The minimum Gasteiger partial charge on any atom is -0.481 e. The number of aliphatic carboxylic acids is 3. The number of rotatable bonds is 18. The van der Waals surface area contributed by atoms with Crippen LogP contribution in [0.1, 0.15) is 52.4 Å². The summed E-state index contributed by atoms with van der Waals surface area (Å²) in [6, 6.07) is -4.91. The van der Waals surface area contributed by atoms with Crippen molar-refractivity contribution in [3.63, 3.8) is 0 Å². The van der Waals surface area contributed by atoms with Gasteiger partial charge >= 0.3 is 17.9 Å². The minimum absolute atomic E-state index is 0.127. The summed E-state index contributed by atoms with van der Waals surface area (Å²) in [5, 5.41) is 34.3. The van der Waals surface area contributed by atoms with Crippen molar-refractivity contribution < 1.29 is 44.1 Å². The quantitative estimate of drug-likeness (QED) is 0.120. The predicted octanol–water partition coefficient (Wildman–Crippen LogP) is -0.618. The zero-order valence-corrected chi connectivity index (χ0v) is 20.9. The smallest absolute Gasteiger partial charge is 0.326 e. The zero-order valence-electron chi connectivity index (χ0n) is 20.1. The number of nitrogens with one attached hydrogen (secondary N) is 3. The molecule has 0 saturated heterocycles. The van der Waals surface area contributed by atoms with Crippen molar-refractivity contribution in [1.29, 1.82) is 0 Å². The second-order valence-electron chi connectivity index (χ2n) is 8.09. The summed E-state index contributed by atoms with van der Waals surface area (Å²) in [5.74, 6) is -5.97. The molecule has 5 unspecified atom stereocenters. The summed E-state index contributed by atoms with van der Waals surface area (Å²) >= 11 is 1.39. The second kappa shape index (κ2) is 16.7. The number of nitrogens with two attached hydrogens (primary N) is 1. The van der Waals surface area contributed by atoms with E-state index < -0.39 is 72.1 Å². The van der Waals surface area contributed by atoms with Crippen molar-refractivity contribution in [2.45, 2.75) is 76.5 Å². The molecule has 35 heavy (non-hydrogen) atoms. The Morgan fingerprint density at radius 1 is 0.800 bits per heavy atom. The Kier molecular flexibility index (Phi) is 15.3. The van der Waals surface area contributed by atoms with Gasteiger partial charge in [0.25, 0.3) is 0 Å². The van der Waals surface area contributed by atoms with E-state index in [0.29, 0.717) is 12.2 Å². The first-order valence-corrected chi connectivity index (χ1v) is 12.5. The molecule has 0 aliphatic rings. The summed E-state index contributed by atoms with van der Waals surface area (Å²) in [5.41, 5.74) is 5.72. The molecule has 0 fully saturated rings. The molecule has 14 heteroatoms. The Labute approximate surface area is 208 Å². The van der Waals surface area contributed by atoms with Crippen molar-refractivity contribution in [2.75, 3.05) is 12.0 Å². The lowest BCUT2D eigenvalue weighted by Crippen LogP contribution is -2.58. The highest BCUT2D eigenvalue weighted by molar-refractivity contribution is 7.98. The fourth-order valence-electron chi connectivity index (χ4n) is 2.94. The monoisotopic (exact) mass is 520 g/mol. The predicted molar refractivity (Wildman–Crippen MR) is 128 cm³/mol. The molecular formula is C21H36N4O9S. The van der Waals surface area contributed by atoms with Gasteiger partial charge in [0.05, 0.1) is 6.04 Å². The number of hydrogen-bond donors (Lipinski definition) is 7. The van der Waals surface area contributed by atoms with Crippen LogP contribution in [-0.4, -0.2) is 87.1 Å². The van der Waals surface area contributed by atoms with E-state index in [1.165, 1.54) is 11.8 Å². The maximum absolute atomic E-state index is 13.0. The van der Waals surface area contributed by atoms with Gasteiger partial charge in [-0.3, -0.25) is 24.0 Å². The maximum atomic E-state index is 13.0. The van der Waals surface area contributed by atoms with Gasteiger partial charge in [0.1, 0.15) is 18.1 Å². The van der Waals surface area contributed by atoms with Gasteiger partial charge in [-0.05, 0) is 37.2 Å². The number of hydrogen-bond acceptors (Lipinski definition) is 8. The average Bonchev–Trinajstić information content (AvgIpc) is 2.79. The third-order valence-electron chi connectivity index (χ3n) is 5.30. The van der Waals surface area contributed by atoms with Crippen LogP contribution in [0.15, 0.2) is 0 Å². The number of amides is 3. The van der Waals surface area contributed by atoms with E-state index in [1.54, 1.807) is 20.1 Å². The van der Waals surface area contributed by atoms with Gasteiger partial charge in [0.2, 0.25) is 17.7 Å². The molecule has 0 radical (unpaired) electrons. The van der Waals surface area contributed by atoms with Crippen LogP contribution in [0.5, 0.6) is 0 Å². The van der Waals surface area contributed by atoms with Crippen molar-refractivity contribution in [2.24, 2.45) is 11.7 Å². The number of thioether (sulfide) groups is 1. The van der Waals surface area contributed by atoms with Crippen LogP contribution in [0.4, 0.5) is 0 Å². The second-order valence-corrected chi connectivity index (χ2v) is 9.07. The molecule has 0 aliphatic heterocycles. The van der Waals surface area contributed by atoms with E-state index in [-0.39, 0.29) is 25.7 Å². The first-order chi connectivity index (χ1) is 16.3. The standard InChI is InChI=1S/C21H36N4O9S/c1-4-11(2)17(25-18(30)12(22)5-7-15(26)27)20(32)23-13(6-8-16(28)29)19(31)24-14(21(33)34)9-10-35-3/h11-14,17H,4-10,22H2,1-3H3,(H,23,32)(H,24,31)(H,25,30)(H,26,27)(H,28,29)(H,33,34). The summed E-state index contributed by atoms with van der Waals surface area (Å²) in [4.78, 5) is 71.4. The van der Waals surface area contributed by atoms with Gasteiger partial charge in [-0.25, -0.2) is 4.79 Å². The average molecular weight is 521 g/mol. The number of carboxylic acids is 3. The Hall–Kier alpha value is -2.87. The fraction of sp³-hybridized carbons (Fsp3) is 0.714. The van der Waals surface area contributed by atoms with E-state index in [1.807, 2.05) is 0 Å². The van der Waals surface area contributed by atoms with E-state index >= 15 is 0 Å². The van der Waals surface area contributed by atoms with Gasteiger partial charge in [0, 0.05) is 12.8 Å². The zero-order chi connectivity index (χ0) is 27.1. The molecule has 200 valence electrons. The Morgan fingerprint density at radius 2 is 1.34 bits per heavy atom. The van der Waals surface area contributed by atoms with E-state index in [4.69, 9.17) is 15.9 Å². The molecule has 3 amide bonds. The molecule has 5 atom stereocenters.